The third-order valence-corrected chi connectivity index (χ3v) is 15.2. The fourth-order valence-corrected chi connectivity index (χ4v) is 11.0. The quantitative estimate of drug-likeness (QED) is 0.0509. The standard InChI is InChI=1S/C49H38N6O14S4/c1-27-10-15-34(50-32-16-18-37-30(24-32)13-22-42(72(64,65)66)46(37)54-48(56)52-44-35-8-4-2-6-28(35)11-20-40(44)70(58,59)60)26-39(27)51-33-17-19-38-31(25-33)14-23-43(73(67,68)69)47(38)55-49(57)53-45-36-9-5-3-7-29(36)12-21-41(45)71(61,62)63/h2-26,50-51H,1H3,(H2,52,54,56)(H2,53,55,57)(H,58,59,60)(H,61,62,63)(H,64,65,66)(H,67,68,69). The van der Waals surface area contributed by atoms with Crippen molar-refractivity contribution in [1.29, 1.82) is 0 Å². The highest BCUT2D eigenvalue weighted by Crippen LogP contribution is 2.38. The number of benzene rings is 9. The number of rotatable bonds is 12. The first-order valence-electron chi connectivity index (χ1n) is 21.3. The number of hydrogen-bond donors (Lipinski definition) is 10. The Morgan fingerprint density at radius 1 is 0.356 bits per heavy atom. The molecule has 0 saturated carbocycles. The molecule has 73 heavy (non-hydrogen) atoms. The number of hydrogen-bond acceptors (Lipinski definition) is 12. The van der Waals surface area contributed by atoms with Crippen LogP contribution in [0.3, 0.4) is 0 Å². The number of amides is 4. The number of carbonyl (C=O) groups is 2. The van der Waals surface area contributed by atoms with E-state index in [1.165, 1.54) is 48.5 Å². The molecule has 372 valence electrons. The molecule has 0 radical (unpaired) electrons. The maximum atomic E-state index is 13.6. The van der Waals surface area contributed by atoms with Crippen LogP contribution < -0.4 is 31.9 Å². The molecule has 0 aromatic heterocycles. The first-order valence-corrected chi connectivity index (χ1v) is 27.1. The molecule has 4 amide bonds. The van der Waals surface area contributed by atoms with Crippen molar-refractivity contribution >= 4 is 141 Å². The summed E-state index contributed by atoms with van der Waals surface area (Å²) in [5.41, 5.74) is 1.79. The summed E-state index contributed by atoms with van der Waals surface area (Å²) in [6, 6.07) is 35.6. The van der Waals surface area contributed by atoms with Crippen LogP contribution in [0.15, 0.2) is 171 Å². The predicted octanol–water partition coefficient (Wildman–Crippen LogP) is 10.4. The number of carbonyl (C=O) groups excluding carboxylic acids is 2. The van der Waals surface area contributed by atoms with E-state index in [0.29, 0.717) is 44.3 Å². The highest BCUT2D eigenvalue weighted by atomic mass is 32.2. The molecule has 10 N–H and O–H groups in total. The average molecular weight is 1060 g/mol. The lowest BCUT2D eigenvalue weighted by Gasteiger charge is -2.17. The minimum absolute atomic E-state index is 0.171. The van der Waals surface area contributed by atoms with Gasteiger partial charge < -0.3 is 31.9 Å². The normalized spacial score (nSPS) is 12.2. The number of urea groups is 2. The first-order chi connectivity index (χ1) is 34.4. The van der Waals surface area contributed by atoms with Crippen LogP contribution >= 0.6 is 0 Å². The summed E-state index contributed by atoms with van der Waals surface area (Å²) in [6.45, 7) is 1.84. The second-order valence-electron chi connectivity index (χ2n) is 16.4. The molecule has 0 heterocycles. The van der Waals surface area contributed by atoms with Crippen LogP contribution in [0.2, 0.25) is 0 Å². The van der Waals surface area contributed by atoms with Crippen molar-refractivity contribution in [2.24, 2.45) is 0 Å². The summed E-state index contributed by atoms with van der Waals surface area (Å²) >= 11 is 0. The molecule has 0 atom stereocenters. The van der Waals surface area contributed by atoms with Gasteiger partial charge in [0.05, 0.1) is 22.7 Å². The zero-order valence-electron chi connectivity index (χ0n) is 37.4. The van der Waals surface area contributed by atoms with Crippen LogP contribution in [-0.4, -0.2) is 63.9 Å². The molecular weight excluding hydrogens is 1020 g/mol. The van der Waals surface area contributed by atoms with Crippen molar-refractivity contribution in [3.05, 3.63) is 157 Å². The van der Waals surface area contributed by atoms with Gasteiger partial charge in [-0.3, -0.25) is 18.2 Å². The molecule has 9 aromatic carbocycles. The van der Waals surface area contributed by atoms with Gasteiger partial charge in [-0.05, 0) is 94.7 Å². The zero-order chi connectivity index (χ0) is 52.2. The van der Waals surface area contributed by atoms with E-state index >= 15 is 0 Å². The van der Waals surface area contributed by atoms with Crippen LogP contribution in [0.5, 0.6) is 0 Å². The monoisotopic (exact) mass is 1060 g/mol. The Labute approximate surface area is 416 Å². The minimum atomic E-state index is -4.93. The van der Waals surface area contributed by atoms with Gasteiger partial charge in [-0.2, -0.15) is 33.7 Å². The summed E-state index contributed by atoms with van der Waals surface area (Å²) in [7, 11) is -19.5. The van der Waals surface area contributed by atoms with Crippen LogP contribution in [0.25, 0.3) is 43.1 Å². The molecule has 0 saturated heterocycles. The lowest BCUT2D eigenvalue weighted by atomic mass is 10.1. The summed E-state index contributed by atoms with van der Waals surface area (Å²) in [5, 5.41) is 19.0. The molecule has 9 aromatic rings. The molecule has 9 rings (SSSR count). The maximum Gasteiger partial charge on any atom is 0.323 e. The van der Waals surface area contributed by atoms with Gasteiger partial charge in [0, 0.05) is 44.3 Å². The van der Waals surface area contributed by atoms with Crippen LogP contribution in [0.1, 0.15) is 5.56 Å². The Bertz CT molecular complexity index is 4290. The summed E-state index contributed by atoms with van der Waals surface area (Å²) in [5.74, 6) is 0. The van der Waals surface area contributed by atoms with Crippen LogP contribution in [-0.2, 0) is 40.5 Å². The second-order valence-corrected chi connectivity index (χ2v) is 22.0. The molecule has 0 fully saturated rings. The smallest absolute Gasteiger partial charge is 0.323 e. The second kappa shape index (κ2) is 18.8. The Hall–Kier alpha value is -8.20. The minimum Gasteiger partial charge on any atom is -0.355 e. The van der Waals surface area contributed by atoms with Gasteiger partial charge in [0.15, 0.2) is 0 Å². The van der Waals surface area contributed by atoms with Crippen molar-refractivity contribution in [2.45, 2.75) is 26.5 Å². The van der Waals surface area contributed by atoms with Crippen molar-refractivity contribution in [1.82, 2.24) is 0 Å². The van der Waals surface area contributed by atoms with E-state index in [0.717, 1.165) is 29.8 Å². The van der Waals surface area contributed by atoms with Gasteiger partial charge in [0.25, 0.3) is 40.5 Å². The van der Waals surface area contributed by atoms with Crippen molar-refractivity contribution in [3.63, 3.8) is 0 Å². The molecule has 0 spiro atoms. The fraction of sp³-hybridized carbons (Fsp3) is 0.0204. The van der Waals surface area contributed by atoms with Gasteiger partial charge in [-0.15, -0.1) is 0 Å². The fourth-order valence-electron chi connectivity index (χ4n) is 8.33. The Balaban J connectivity index is 0.975. The molecule has 20 nitrogen and oxygen atoms in total. The van der Waals surface area contributed by atoms with E-state index < -0.39 is 72.1 Å². The predicted molar refractivity (Wildman–Crippen MR) is 278 cm³/mol. The Morgan fingerprint density at radius 3 is 1.05 bits per heavy atom. The van der Waals surface area contributed by atoms with Gasteiger partial charge in [0.1, 0.15) is 19.6 Å². The van der Waals surface area contributed by atoms with Gasteiger partial charge >= 0.3 is 12.1 Å². The first kappa shape index (κ1) is 49.8. The molecule has 24 heteroatoms. The lowest BCUT2D eigenvalue weighted by molar-refractivity contribution is 0.261. The van der Waals surface area contributed by atoms with Crippen molar-refractivity contribution in [2.75, 3.05) is 31.9 Å². The largest absolute Gasteiger partial charge is 0.355 e. The number of nitrogens with one attached hydrogen (secondary N) is 6. The van der Waals surface area contributed by atoms with E-state index in [4.69, 9.17) is 0 Å². The topological polar surface area (TPSA) is 324 Å². The summed E-state index contributed by atoms with van der Waals surface area (Å²) in [4.78, 5) is 24.6. The highest BCUT2D eigenvalue weighted by molar-refractivity contribution is 7.86. The van der Waals surface area contributed by atoms with E-state index in [-0.39, 0.29) is 44.3 Å². The summed E-state index contributed by atoms with van der Waals surface area (Å²) < 4.78 is 140. The van der Waals surface area contributed by atoms with Crippen LogP contribution in [0, 0.1) is 6.92 Å². The number of fused-ring (bicyclic) bond motifs is 4. The zero-order valence-corrected chi connectivity index (χ0v) is 40.7. The number of aryl methyl sites for hydroxylation is 1. The SMILES string of the molecule is Cc1ccc(Nc2ccc3c(NC(=O)Nc4c(S(=O)(=O)O)ccc5ccccc45)c(S(=O)(=O)O)ccc3c2)cc1Nc1ccc2c(NC(=O)Nc3c(S(=O)(=O)O)ccc4ccccc34)c(S(=O)(=O)O)ccc2c1. The van der Waals surface area contributed by atoms with Crippen molar-refractivity contribution in [3.8, 4) is 0 Å². The average Bonchev–Trinajstić information content (AvgIpc) is 3.31. The molecule has 0 aliphatic heterocycles. The van der Waals surface area contributed by atoms with Gasteiger partial charge in [-0.25, -0.2) is 9.59 Å². The van der Waals surface area contributed by atoms with E-state index in [1.807, 2.05) is 13.0 Å². The van der Waals surface area contributed by atoms with E-state index in [1.54, 1.807) is 72.8 Å². The van der Waals surface area contributed by atoms with E-state index in [2.05, 4.69) is 31.9 Å². The van der Waals surface area contributed by atoms with Crippen molar-refractivity contribution < 1.29 is 61.5 Å². The lowest BCUT2D eigenvalue weighted by Crippen LogP contribution is -2.22. The van der Waals surface area contributed by atoms with Crippen LogP contribution in [0.4, 0.5) is 55.1 Å². The molecule has 0 aliphatic carbocycles. The Kier molecular flexibility index (Phi) is 12.8. The molecule has 0 aliphatic rings. The highest BCUT2D eigenvalue weighted by Gasteiger charge is 2.26. The summed E-state index contributed by atoms with van der Waals surface area (Å²) in [6.07, 6.45) is 0. The maximum absolute atomic E-state index is 13.6. The molecule has 0 unspecified atom stereocenters. The van der Waals surface area contributed by atoms with Gasteiger partial charge in [0.2, 0.25) is 0 Å². The van der Waals surface area contributed by atoms with Gasteiger partial charge in [-0.1, -0.05) is 91.0 Å². The molecule has 0 bridgehead atoms. The third kappa shape index (κ3) is 10.4. The number of anilines is 8. The Morgan fingerprint density at radius 2 is 0.671 bits per heavy atom. The molecular formula is C49H38N6O14S4. The third-order valence-electron chi connectivity index (χ3n) is 11.6. The van der Waals surface area contributed by atoms with E-state index in [9.17, 15) is 61.5 Å².